The van der Waals surface area contributed by atoms with Gasteiger partial charge in [0.1, 0.15) is 5.82 Å². The normalized spacial score (nSPS) is 22.9. The molecule has 1 unspecified atom stereocenters. The first kappa shape index (κ1) is 15.1. The minimum atomic E-state index is 0.373. The fourth-order valence-corrected chi connectivity index (χ4v) is 3.16. The van der Waals surface area contributed by atoms with Crippen molar-refractivity contribution >= 4 is 17.4 Å². The number of rotatable bonds is 4. The zero-order chi connectivity index (χ0) is 15.0. The maximum Gasteiger partial charge on any atom is 0.128 e. The Morgan fingerprint density at radius 1 is 1.33 bits per heavy atom. The monoisotopic (exact) mass is 307 g/mol. The maximum absolute atomic E-state index is 6.29. The van der Waals surface area contributed by atoms with Crippen molar-refractivity contribution in [1.29, 1.82) is 0 Å². The van der Waals surface area contributed by atoms with Crippen molar-refractivity contribution in [3.05, 3.63) is 22.8 Å². The summed E-state index contributed by atoms with van der Waals surface area (Å²) in [6.07, 6.45) is 5.67. The predicted molar refractivity (Wildman–Crippen MR) is 88.9 cm³/mol. The zero-order valence-electron chi connectivity index (χ0n) is 13.3. The van der Waals surface area contributed by atoms with Gasteiger partial charge in [0.2, 0.25) is 0 Å². The molecular formula is C17H26ClN3. The number of pyridine rings is 1. The van der Waals surface area contributed by atoms with Crippen molar-refractivity contribution in [2.24, 2.45) is 11.3 Å². The lowest BCUT2D eigenvalue weighted by Gasteiger charge is -2.27. The molecule has 0 spiro atoms. The van der Waals surface area contributed by atoms with Gasteiger partial charge in [0, 0.05) is 31.9 Å². The lowest BCUT2D eigenvalue weighted by molar-refractivity contribution is 0.263. The lowest BCUT2D eigenvalue weighted by atomic mass is 9.80. The summed E-state index contributed by atoms with van der Waals surface area (Å²) >= 11 is 6.29. The summed E-state index contributed by atoms with van der Waals surface area (Å²) in [5, 5.41) is 4.31. The maximum atomic E-state index is 6.29. The average molecular weight is 308 g/mol. The van der Waals surface area contributed by atoms with Crippen molar-refractivity contribution in [2.75, 3.05) is 18.0 Å². The van der Waals surface area contributed by atoms with E-state index in [1.54, 1.807) is 0 Å². The summed E-state index contributed by atoms with van der Waals surface area (Å²) in [4.78, 5) is 6.96. The Balaban J connectivity index is 1.69. The van der Waals surface area contributed by atoms with Crippen LogP contribution in [0.5, 0.6) is 0 Å². The second kappa shape index (κ2) is 5.77. The van der Waals surface area contributed by atoms with Gasteiger partial charge in [-0.3, -0.25) is 0 Å². The standard InChI is InChI=1S/C17H26ClN3/c1-17(2,3)13-6-7-21(11-13)16-8-12(15(18)10-20-16)9-19-14-4-5-14/h8,10,13-14,19H,4-7,9,11H2,1-3H3. The van der Waals surface area contributed by atoms with Crippen LogP contribution >= 0.6 is 11.6 Å². The first-order valence-corrected chi connectivity index (χ1v) is 8.44. The molecule has 1 saturated heterocycles. The van der Waals surface area contributed by atoms with Gasteiger partial charge in [-0.25, -0.2) is 4.98 Å². The number of nitrogens with one attached hydrogen (secondary N) is 1. The van der Waals surface area contributed by atoms with Gasteiger partial charge in [-0.15, -0.1) is 0 Å². The highest BCUT2D eigenvalue weighted by molar-refractivity contribution is 6.31. The van der Waals surface area contributed by atoms with Gasteiger partial charge in [0.25, 0.3) is 0 Å². The molecule has 1 atom stereocenters. The molecule has 0 radical (unpaired) electrons. The summed E-state index contributed by atoms with van der Waals surface area (Å²) in [6.45, 7) is 10.1. The van der Waals surface area contributed by atoms with E-state index < -0.39 is 0 Å². The van der Waals surface area contributed by atoms with Gasteiger partial charge in [-0.05, 0) is 42.2 Å². The first-order chi connectivity index (χ1) is 9.93. The highest BCUT2D eigenvalue weighted by Gasteiger charge is 2.32. The number of hydrogen-bond acceptors (Lipinski definition) is 3. The fourth-order valence-electron chi connectivity index (χ4n) is 2.99. The molecule has 2 fully saturated rings. The third-order valence-corrected chi connectivity index (χ3v) is 5.16. The van der Waals surface area contributed by atoms with E-state index in [-0.39, 0.29) is 0 Å². The third kappa shape index (κ3) is 3.70. The Morgan fingerprint density at radius 2 is 2.10 bits per heavy atom. The largest absolute Gasteiger partial charge is 0.356 e. The Bertz CT molecular complexity index is 505. The van der Waals surface area contributed by atoms with Crippen LogP contribution in [0.4, 0.5) is 5.82 Å². The molecule has 1 aromatic rings. The van der Waals surface area contributed by atoms with E-state index >= 15 is 0 Å². The van der Waals surface area contributed by atoms with Crippen LogP contribution in [0.25, 0.3) is 0 Å². The van der Waals surface area contributed by atoms with Crippen LogP contribution < -0.4 is 10.2 Å². The van der Waals surface area contributed by atoms with E-state index in [1.807, 2.05) is 6.20 Å². The topological polar surface area (TPSA) is 28.2 Å². The SMILES string of the molecule is CC(C)(C)C1CCN(c2cc(CNC3CC3)c(Cl)cn2)C1. The van der Waals surface area contributed by atoms with E-state index in [1.165, 1.54) is 24.8 Å². The lowest BCUT2D eigenvalue weighted by Crippen LogP contribution is -2.26. The summed E-state index contributed by atoms with van der Waals surface area (Å²) < 4.78 is 0. The molecule has 1 N–H and O–H groups in total. The summed E-state index contributed by atoms with van der Waals surface area (Å²) in [5.74, 6) is 1.82. The molecule has 1 aliphatic carbocycles. The molecule has 21 heavy (non-hydrogen) atoms. The second-order valence-electron chi connectivity index (χ2n) is 7.59. The summed E-state index contributed by atoms with van der Waals surface area (Å²) in [7, 11) is 0. The van der Waals surface area contributed by atoms with Gasteiger partial charge in [-0.2, -0.15) is 0 Å². The average Bonchev–Trinajstić information content (AvgIpc) is 3.10. The Morgan fingerprint density at radius 3 is 2.71 bits per heavy atom. The van der Waals surface area contributed by atoms with Crippen LogP contribution in [0.2, 0.25) is 5.02 Å². The number of aromatic nitrogens is 1. The quantitative estimate of drug-likeness (QED) is 0.915. The van der Waals surface area contributed by atoms with Crippen LogP contribution in [0, 0.1) is 11.3 Å². The van der Waals surface area contributed by atoms with Gasteiger partial charge in [0.15, 0.2) is 0 Å². The minimum Gasteiger partial charge on any atom is -0.356 e. The Labute approximate surface area is 133 Å². The minimum absolute atomic E-state index is 0.373. The van der Waals surface area contributed by atoms with Crippen LogP contribution in [-0.2, 0) is 6.54 Å². The van der Waals surface area contributed by atoms with E-state index in [2.05, 4.69) is 42.0 Å². The van der Waals surface area contributed by atoms with Gasteiger partial charge in [-0.1, -0.05) is 32.4 Å². The van der Waals surface area contributed by atoms with Crippen LogP contribution in [0.1, 0.15) is 45.6 Å². The molecule has 0 aromatic carbocycles. The van der Waals surface area contributed by atoms with Gasteiger partial charge in [0.05, 0.1) is 5.02 Å². The summed E-state index contributed by atoms with van der Waals surface area (Å²) in [5.41, 5.74) is 1.55. The number of nitrogens with zero attached hydrogens (tertiary/aromatic N) is 2. The Kier molecular flexibility index (Phi) is 4.15. The molecule has 1 aliphatic heterocycles. The molecule has 2 heterocycles. The number of halogens is 1. The van der Waals surface area contributed by atoms with Crippen molar-refractivity contribution in [2.45, 2.75) is 52.6 Å². The smallest absolute Gasteiger partial charge is 0.128 e. The molecule has 116 valence electrons. The second-order valence-corrected chi connectivity index (χ2v) is 7.99. The van der Waals surface area contributed by atoms with Gasteiger partial charge >= 0.3 is 0 Å². The third-order valence-electron chi connectivity index (χ3n) is 4.82. The number of hydrogen-bond donors (Lipinski definition) is 1. The molecule has 3 nitrogen and oxygen atoms in total. The predicted octanol–water partition coefficient (Wildman–Crippen LogP) is 3.86. The molecule has 1 aromatic heterocycles. The number of anilines is 1. The van der Waals surface area contributed by atoms with E-state index in [0.29, 0.717) is 11.5 Å². The molecule has 3 rings (SSSR count). The molecule has 1 saturated carbocycles. The highest BCUT2D eigenvalue weighted by atomic mass is 35.5. The van der Waals surface area contributed by atoms with Crippen molar-refractivity contribution < 1.29 is 0 Å². The molecule has 2 aliphatic rings. The Hall–Kier alpha value is -0.800. The summed E-state index contributed by atoms with van der Waals surface area (Å²) in [6, 6.07) is 2.87. The molecule has 0 bridgehead atoms. The van der Waals surface area contributed by atoms with Crippen molar-refractivity contribution in [3.63, 3.8) is 0 Å². The van der Waals surface area contributed by atoms with Crippen LogP contribution in [0.3, 0.4) is 0 Å². The zero-order valence-corrected chi connectivity index (χ0v) is 14.1. The van der Waals surface area contributed by atoms with E-state index in [0.717, 1.165) is 36.4 Å². The molecular weight excluding hydrogens is 282 g/mol. The van der Waals surface area contributed by atoms with E-state index in [4.69, 9.17) is 11.6 Å². The van der Waals surface area contributed by atoms with E-state index in [9.17, 15) is 0 Å². The molecule has 4 heteroatoms. The fraction of sp³-hybridized carbons (Fsp3) is 0.706. The van der Waals surface area contributed by atoms with Gasteiger partial charge < -0.3 is 10.2 Å². The van der Waals surface area contributed by atoms with Crippen molar-refractivity contribution in [1.82, 2.24) is 10.3 Å². The highest BCUT2D eigenvalue weighted by Crippen LogP contribution is 2.35. The van der Waals surface area contributed by atoms with Crippen LogP contribution in [0.15, 0.2) is 12.3 Å². The molecule has 0 amide bonds. The first-order valence-electron chi connectivity index (χ1n) is 8.06. The van der Waals surface area contributed by atoms with Crippen LogP contribution in [-0.4, -0.2) is 24.1 Å². The van der Waals surface area contributed by atoms with Crippen molar-refractivity contribution in [3.8, 4) is 0 Å².